The summed E-state index contributed by atoms with van der Waals surface area (Å²) in [5, 5.41) is 7.98. The van der Waals surface area contributed by atoms with Crippen molar-refractivity contribution < 1.29 is 19.1 Å². The van der Waals surface area contributed by atoms with Crippen molar-refractivity contribution in [3.63, 3.8) is 0 Å². The fourth-order valence-corrected chi connectivity index (χ4v) is 3.77. The lowest BCUT2D eigenvalue weighted by atomic mass is 10.1. The Hall–Kier alpha value is -5.24. The van der Waals surface area contributed by atoms with Crippen molar-refractivity contribution in [1.82, 2.24) is 10.9 Å². The molecular formula is C33H32N4O4. The number of hydrogen-bond acceptors (Lipinski definition) is 6. The highest BCUT2D eigenvalue weighted by Gasteiger charge is 2.24. The summed E-state index contributed by atoms with van der Waals surface area (Å²) in [5.41, 5.74) is 8.58. The van der Waals surface area contributed by atoms with Crippen molar-refractivity contribution in [2.45, 2.75) is 26.6 Å². The van der Waals surface area contributed by atoms with Gasteiger partial charge in [0, 0.05) is 0 Å². The minimum atomic E-state index is -0.938. The van der Waals surface area contributed by atoms with E-state index in [2.05, 4.69) is 21.1 Å². The Balaban J connectivity index is 1.20. The van der Waals surface area contributed by atoms with E-state index >= 15 is 0 Å². The molecule has 0 aliphatic heterocycles. The van der Waals surface area contributed by atoms with E-state index in [9.17, 15) is 9.59 Å². The molecule has 0 saturated heterocycles. The molecule has 0 bridgehead atoms. The molecule has 0 spiro atoms. The Kier molecular flexibility index (Phi) is 10.8. The molecule has 0 heterocycles. The predicted molar refractivity (Wildman–Crippen MR) is 160 cm³/mol. The lowest BCUT2D eigenvalue weighted by Gasteiger charge is -2.10. The molecule has 208 valence electrons. The number of nitrogens with one attached hydrogen (secondary N) is 2. The first kappa shape index (κ1) is 28.8. The molecule has 0 aliphatic carbocycles. The molecule has 8 nitrogen and oxygen atoms in total. The molecule has 4 aromatic rings. The highest BCUT2D eigenvalue weighted by atomic mass is 16.5. The first-order valence-corrected chi connectivity index (χ1v) is 13.3. The zero-order valence-corrected chi connectivity index (χ0v) is 22.8. The summed E-state index contributed by atoms with van der Waals surface area (Å²) in [7, 11) is 0. The monoisotopic (exact) mass is 548 g/mol. The van der Waals surface area contributed by atoms with Gasteiger partial charge in [-0.25, -0.2) is 10.9 Å². The fraction of sp³-hybridized carbons (Fsp3) is 0.152. The van der Waals surface area contributed by atoms with Crippen molar-refractivity contribution in [3.8, 4) is 11.5 Å². The zero-order chi connectivity index (χ0) is 28.7. The highest BCUT2D eigenvalue weighted by molar-refractivity contribution is 6.00. The van der Waals surface area contributed by atoms with Gasteiger partial charge in [0.2, 0.25) is 0 Å². The third-order valence-electron chi connectivity index (χ3n) is 6.07. The molecule has 0 saturated carbocycles. The van der Waals surface area contributed by atoms with Crippen molar-refractivity contribution in [2.24, 2.45) is 16.1 Å². The standard InChI is InChI=1S/C33H32N4O4/c1-2-31(32(38)36-34-21-25-13-17-29(18-14-25)40-23-27-9-5-3-6-10-27)33(39)37-35-22-26-15-19-30(20-16-26)41-24-28-11-7-4-8-12-28/h3-22,31H,2,23-24H2,1H3,(H,36,38)(H,37,39)/b34-21+,35-22+. The van der Waals surface area contributed by atoms with E-state index in [-0.39, 0.29) is 0 Å². The van der Waals surface area contributed by atoms with Crippen LogP contribution in [0.3, 0.4) is 0 Å². The molecule has 4 rings (SSSR count). The number of amides is 2. The molecule has 0 atom stereocenters. The third kappa shape index (κ3) is 9.47. The van der Waals surface area contributed by atoms with Crippen LogP contribution in [0.25, 0.3) is 0 Å². The average molecular weight is 549 g/mol. The number of hydrazone groups is 2. The topological polar surface area (TPSA) is 101 Å². The summed E-state index contributed by atoms with van der Waals surface area (Å²) < 4.78 is 11.6. The average Bonchev–Trinajstić information content (AvgIpc) is 3.02. The second-order valence-electron chi connectivity index (χ2n) is 9.12. The van der Waals surface area contributed by atoms with Crippen molar-refractivity contribution in [1.29, 1.82) is 0 Å². The quantitative estimate of drug-likeness (QED) is 0.131. The van der Waals surface area contributed by atoms with E-state index < -0.39 is 17.7 Å². The number of nitrogens with zero attached hydrogens (tertiary/aromatic N) is 2. The van der Waals surface area contributed by atoms with Gasteiger partial charge in [-0.1, -0.05) is 67.6 Å². The molecule has 0 aliphatic rings. The second kappa shape index (κ2) is 15.4. The number of benzene rings is 4. The van der Waals surface area contributed by atoms with E-state index in [1.54, 1.807) is 6.92 Å². The number of rotatable bonds is 13. The van der Waals surface area contributed by atoms with Crippen molar-refractivity contribution in [3.05, 3.63) is 131 Å². The summed E-state index contributed by atoms with van der Waals surface area (Å²) in [6, 6.07) is 34.5. The van der Waals surface area contributed by atoms with E-state index in [1.807, 2.05) is 109 Å². The predicted octanol–water partition coefficient (Wildman–Crippen LogP) is 5.47. The van der Waals surface area contributed by atoms with Gasteiger partial charge in [0.1, 0.15) is 30.6 Å². The molecular weight excluding hydrogens is 516 g/mol. The molecule has 0 unspecified atom stereocenters. The number of carbonyl (C=O) groups is 2. The van der Waals surface area contributed by atoms with Gasteiger partial charge in [-0.15, -0.1) is 0 Å². The van der Waals surface area contributed by atoms with Crippen LogP contribution in [0.4, 0.5) is 0 Å². The Morgan fingerprint density at radius 2 is 1.02 bits per heavy atom. The van der Waals surface area contributed by atoms with Gasteiger partial charge in [-0.3, -0.25) is 9.59 Å². The van der Waals surface area contributed by atoms with Gasteiger partial charge in [-0.2, -0.15) is 10.2 Å². The van der Waals surface area contributed by atoms with Crippen LogP contribution in [0.5, 0.6) is 11.5 Å². The highest BCUT2D eigenvalue weighted by Crippen LogP contribution is 2.15. The minimum Gasteiger partial charge on any atom is -0.489 e. The Labute approximate surface area is 239 Å². The first-order valence-electron chi connectivity index (χ1n) is 13.3. The molecule has 0 radical (unpaired) electrons. The summed E-state index contributed by atoms with van der Waals surface area (Å²) in [6.07, 6.45) is 3.31. The van der Waals surface area contributed by atoms with Crippen LogP contribution in [-0.4, -0.2) is 24.2 Å². The van der Waals surface area contributed by atoms with Crippen molar-refractivity contribution in [2.75, 3.05) is 0 Å². The van der Waals surface area contributed by atoms with Gasteiger partial charge >= 0.3 is 0 Å². The van der Waals surface area contributed by atoms with E-state index in [0.717, 1.165) is 33.8 Å². The molecule has 2 amide bonds. The zero-order valence-electron chi connectivity index (χ0n) is 22.8. The lowest BCUT2D eigenvalue weighted by Crippen LogP contribution is -2.37. The largest absolute Gasteiger partial charge is 0.489 e. The van der Waals surface area contributed by atoms with Crippen LogP contribution >= 0.6 is 0 Å². The van der Waals surface area contributed by atoms with E-state index in [0.29, 0.717) is 19.6 Å². The van der Waals surface area contributed by atoms with Gasteiger partial charge in [0.05, 0.1) is 12.4 Å². The maximum absolute atomic E-state index is 12.5. The van der Waals surface area contributed by atoms with Gasteiger partial charge in [0.15, 0.2) is 0 Å². The van der Waals surface area contributed by atoms with Crippen LogP contribution in [-0.2, 0) is 22.8 Å². The number of carbonyl (C=O) groups excluding carboxylic acids is 2. The number of ether oxygens (including phenoxy) is 2. The van der Waals surface area contributed by atoms with Crippen LogP contribution < -0.4 is 20.3 Å². The van der Waals surface area contributed by atoms with Crippen LogP contribution in [0.1, 0.15) is 35.6 Å². The molecule has 0 fully saturated rings. The van der Waals surface area contributed by atoms with Gasteiger partial charge in [0.25, 0.3) is 11.8 Å². The fourth-order valence-electron chi connectivity index (χ4n) is 3.77. The van der Waals surface area contributed by atoms with Gasteiger partial charge in [-0.05, 0) is 77.2 Å². The second-order valence-corrected chi connectivity index (χ2v) is 9.12. The summed E-state index contributed by atoms with van der Waals surface area (Å²) in [4.78, 5) is 25.1. The summed E-state index contributed by atoms with van der Waals surface area (Å²) >= 11 is 0. The minimum absolute atomic E-state index is 0.295. The SMILES string of the molecule is CCC(C(=O)N/N=C/c1ccc(OCc2ccccc2)cc1)C(=O)N/N=C/c1ccc(OCc2ccccc2)cc1. The molecule has 4 aromatic carbocycles. The number of hydrogen-bond donors (Lipinski definition) is 2. The van der Waals surface area contributed by atoms with Crippen LogP contribution in [0, 0.1) is 5.92 Å². The maximum Gasteiger partial charge on any atom is 0.252 e. The Bertz CT molecular complexity index is 1330. The van der Waals surface area contributed by atoms with Crippen LogP contribution in [0.15, 0.2) is 119 Å². The van der Waals surface area contributed by atoms with Crippen LogP contribution in [0.2, 0.25) is 0 Å². The Morgan fingerprint density at radius 1 is 0.634 bits per heavy atom. The van der Waals surface area contributed by atoms with Crippen molar-refractivity contribution >= 4 is 24.2 Å². The summed E-state index contributed by atoms with van der Waals surface area (Å²) in [5.74, 6) is -0.513. The lowest BCUT2D eigenvalue weighted by molar-refractivity contribution is -0.135. The molecule has 2 N–H and O–H groups in total. The smallest absolute Gasteiger partial charge is 0.252 e. The molecule has 0 aromatic heterocycles. The van der Waals surface area contributed by atoms with E-state index in [4.69, 9.17) is 9.47 Å². The van der Waals surface area contributed by atoms with E-state index in [1.165, 1.54) is 12.4 Å². The molecule has 41 heavy (non-hydrogen) atoms. The Morgan fingerprint density at radius 3 is 1.39 bits per heavy atom. The third-order valence-corrected chi connectivity index (χ3v) is 6.07. The first-order chi connectivity index (χ1) is 20.1. The normalized spacial score (nSPS) is 11.1. The van der Waals surface area contributed by atoms with Gasteiger partial charge < -0.3 is 9.47 Å². The maximum atomic E-state index is 12.5. The summed E-state index contributed by atoms with van der Waals surface area (Å²) in [6.45, 7) is 2.70. The molecule has 8 heteroatoms.